The third kappa shape index (κ3) is 3.82. The molecule has 0 aromatic carbocycles. The van der Waals surface area contributed by atoms with E-state index in [2.05, 4.69) is 10.3 Å². The maximum atomic E-state index is 11.7. The lowest BCUT2D eigenvalue weighted by atomic mass is 10.3. The first-order chi connectivity index (χ1) is 8.36. The van der Waals surface area contributed by atoms with Gasteiger partial charge < -0.3 is 10.2 Å². The molecule has 0 spiro atoms. The number of amides is 1. The molecule has 1 N–H and O–H groups in total. The van der Waals surface area contributed by atoms with Gasteiger partial charge in [0.15, 0.2) is 0 Å². The number of hydrogen-bond acceptors (Lipinski definition) is 3. The SMILES string of the molecule is O=C(CCNCc1cccnc1)N1CCCC1. The number of aromatic nitrogens is 1. The van der Waals surface area contributed by atoms with Crippen LogP contribution in [-0.4, -0.2) is 35.4 Å². The first-order valence-corrected chi connectivity index (χ1v) is 6.23. The summed E-state index contributed by atoms with van der Waals surface area (Å²) in [5.74, 6) is 0.279. The van der Waals surface area contributed by atoms with Gasteiger partial charge in [-0.25, -0.2) is 0 Å². The van der Waals surface area contributed by atoms with Crippen LogP contribution in [0.15, 0.2) is 24.5 Å². The second-order valence-corrected chi connectivity index (χ2v) is 4.38. The van der Waals surface area contributed by atoms with Crippen LogP contribution < -0.4 is 5.32 Å². The number of carbonyl (C=O) groups is 1. The van der Waals surface area contributed by atoms with Crippen LogP contribution in [0.3, 0.4) is 0 Å². The average molecular weight is 233 g/mol. The molecule has 1 aliphatic heterocycles. The molecule has 1 aromatic rings. The highest BCUT2D eigenvalue weighted by atomic mass is 16.2. The van der Waals surface area contributed by atoms with E-state index in [4.69, 9.17) is 0 Å². The van der Waals surface area contributed by atoms with Gasteiger partial charge in [-0.15, -0.1) is 0 Å². The van der Waals surface area contributed by atoms with Crippen LogP contribution in [0.25, 0.3) is 0 Å². The van der Waals surface area contributed by atoms with Crippen molar-refractivity contribution in [2.75, 3.05) is 19.6 Å². The quantitative estimate of drug-likeness (QED) is 0.777. The lowest BCUT2D eigenvalue weighted by molar-refractivity contribution is -0.130. The second kappa shape index (κ2) is 6.35. The van der Waals surface area contributed by atoms with Crippen LogP contribution in [0.1, 0.15) is 24.8 Å². The van der Waals surface area contributed by atoms with Crippen molar-refractivity contribution >= 4 is 5.91 Å². The summed E-state index contributed by atoms with van der Waals surface area (Å²) in [5.41, 5.74) is 1.15. The Labute approximate surface area is 102 Å². The van der Waals surface area contributed by atoms with E-state index in [0.717, 1.165) is 44.6 Å². The molecular weight excluding hydrogens is 214 g/mol. The van der Waals surface area contributed by atoms with Crippen LogP contribution >= 0.6 is 0 Å². The summed E-state index contributed by atoms with van der Waals surface area (Å²) >= 11 is 0. The Balaban J connectivity index is 1.61. The smallest absolute Gasteiger partial charge is 0.223 e. The fourth-order valence-corrected chi connectivity index (χ4v) is 2.06. The summed E-state index contributed by atoms with van der Waals surface area (Å²) in [5, 5.41) is 3.27. The Hall–Kier alpha value is -1.42. The summed E-state index contributed by atoms with van der Waals surface area (Å²) in [6.45, 7) is 3.41. The topological polar surface area (TPSA) is 45.2 Å². The van der Waals surface area contributed by atoms with Crippen molar-refractivity contribution in [1.82, 2.24) is 15.2 Å². The number of pyridine rings is 1. The summed E-state index contributed by atoms with van der Waals surface area (Å²) in [6.07, 6.45) is 6.53. The molecule has 1 saturated heterocycles. The van der Waals surface area contributed by atoms with Crippen LogP contribution in [0.4, 0.5) is 0 Å². The van der Waals surface area contributed by atoms with E-state index in [1.807, 2.05) is 23.2 Å². The normalized spacial score (nSPS) is 15.2. The van der Waals surface area contributed by atoms with Crippen LogP contribution in [0, 0.1) is 0 Å². The molecule has 0 radical (unpaired) electrons. The maximum absolute atomic E-state index is 11.7. The summed E-state index contributed by atoms with van der Waals surface area (Å²) < 4.78 is 0. The molecule has 2 rings (SSSR count). The van der Waals surface area contributed by atoms with E-state index in [1.54, 1.807) is 6.20 Å². The molecule has 0 unspecified atom stereocenters. The lowest BCUT2D eigenvalue weighted by Gasteiger charge is -2.15. The van der Waals surface area contributed by atoms with Gasteiger partial charge in [0.05, 0.1) is 0 Å². The van der Waals surface area contributed by atoms with Crippen LogP contribution in [0.2, 0.25) is 0 Å². The molecule has 1 aromatic heterocycles. The third-order valence-corrected chi connectivity index (χ3v) is 3.03. The van der Waals surface area contributed by atoms with Crippen LogP contribution in [-0.2, 0) is 11.3 Å². The fraction of sp³-hybridized carbons (Fsp3) is 0.538. The second-order valence-electron chi connectivity index (χ2n) is 4.38. The van der Waals surface area contributed by atoms with Gasteiger partial charge in [-0.1, -0.05) is 6.07 Å². The number of hydrogen-bond donors (Lipinski definition) is 1. The van der Waals surface area contributed by atoms with Gasteiger partial charge >= 0.3 is 0 Å². The number of carbonyl (C=O) groups excluding carboxylic acids is 1. The number of nitrogens with one attached hydrogen (secondary N) is 1. The monoisotopic (exact) mass is 233 g/mol. The van der Waals surface area contributed by atoms with E-state index in [1.165, 1.54) is 0 Å². The summed E-state index contributed by atoms with van der Waals surface area (Å²) in [4.78, 5) is 17.7. The molecule has 1 aliphatic rings. The van der Waals surface area contributed by atoms with Crippen molar-refractivity contribution in [2.24, 2.45) is 0 Å². The lowest BCUT2D eigenvalue weighted by Crippen LogP contribution is -2.30. The molecule has 4 heteroatoms. The molecular formula is C13H19N3O. The Kier molecular flexibility index (Phi) is 4.50. The van der Waals surface area contributed by atoms with E-state index >= 15 is 0 Å². The molecule has 0 bridgehead atoms. The van der Waals surface area contributed by atoms with Crippen molar-refractivity contribution < 1.29 is 4.79 Å². The number of nitrogens with zero attached hydrogens (tertiary/aromatic N) is 2. The molecule has 2 heterocycles. The van der Waals surface area contributed by atoms with Gasteiger partial charge in [0.1, 0.15) is 0 Å². The third-order valence-electron chi connectivity index (χ3n) is 3.03. The first-order valence-electron chi connectivity index (χ1n) is 6.23. The average Bonchev–Trinajstić information content (AvgIpc) is 2.89. The van der Waals surface area contributed by atoms with Crippen molar-refractivity contribution in [3.63, 3.8) is 0 Å². The minimum absolute atomic E-state index is 0.279. The first kappa shape index (κ1) is 12.0. The van der Waals surface area contributed by atoms with Gasteiger partial charge in [-0.05, 0) is 24.5 Å². The van der Waals surface area contributed by atoms with E-state index in [-0.39, 0.29) is 5.91 Å². The minimum Gasteiger partial charge on any atom is -0.343 e. The van der Waals surface area contributed by atoms with Gasteiger partial charge in [-0.2, -0.15) is 0 Å². The van der Waals surface area contributed by atoms with Gasteiger partial charge in [0, 0.05) is 45.0 Å². The zero-order valence-electron chi connectivity index (χ0n) is 10.1. The highest BCUT2D eigenvalue weighted by molar-refractivity contribution is 5.76. The Morgan fingerprint density at radius 3 is 2.94 bits per heavy atom. The fourth-order valence-electron chi connectivity index (χ4n) is 2.06. The molecule has 0 aliphatic carbocycles. The largest absolute Gasteiger partial charge is 0.343 e. The van der Waals surface area contributed by atoms with Crippen LogP contribution in [0.5, 0.6) is 0 Å². The summed E-state index contributed by atoms with van der Waals surface area (Å²) in [7, 11) is 0. The molecule has 0 saturated carbocycles. The predicted molar refractivity (Wildman–Crippen MR) is 66.4 cm³/mol. The summed E-state index contributed by atoms with van der Waals surface area (Å²) in [6, 6.07) is 3.95. The van der Waals surface area contributed by atoms with E-state index in [0.29, 0.717) is 6.42 Å². The van der Waals surface area contributed by atoms with E-state index < -0.39 is 0 Å². The highest BCUT2D eigenvalue weighted by Gasteiger charge is 2.16. The Morgan fingerprint density at radius 1 is 1.41 bits per heavy atom. The Bertz CT molecular complexity index is 347. The molecule has 92 valence electrons. The molecule has 1 fully saturated rings. The molecule has 0 atom stereocenters. The van der Waals surface area contributed by atoms with E-state index in [9.17, 15) is 4.79 Å². The van der Waals surface area contributed by atoms with Crippen molar-refractivity contribution in [1.29, 1.82) is 0 Å². The predicted octanol–water partition coefficient (Wildman–Crippen LogP) is 1.18. The molecule has 4 nitrogen and oxygen atoms in total. The number of likely N-dealkylation sites (tertiary alicyclic amines) is 1. The maximum Gasteiger partial charge on any atom is 0.223 e. The standard InChI is InChI=1S/C13H19N3O/c17-13(16-8-1-2-9-16)5-7-15-11-12-4-3-6-14-10-12/h3-4,6,10,15H,1-2,5,7-9,11H2. The highest BCUT2D eigenvalue weighted by Crippen LogP contribution is 2.08. The van der Waals surface area contributed by atoms with Crippen molar-refractivity contribution in [3.8, 4) is 0 Å². The van der Waals surface area contributed by atoms with Crippen molar-refractivity contribution in [2.45, 2.75) is 25.8 Å². The zero-order valence-corrected chi connectivity index (χ0v) is 10.1. The Morgan fingerprint density at radius 2 is 2.24 bits per heavy atom. The number of rotatable bonds is 5. The van der Waals surface area contributed by atoms with Crippen molar-refractivity contribution in [3.05, 3.63) is 30.1 Å². The molecule has 17 heavy (non-hydrogen) atoms. The van der Waals surface area contributed by atoms with Gasteiger partial charge in [0.2, 0.25) is 5.91 Å². The van der Waals surface area contributed by atoms with Gasteiger partial charge in [-0.3, -0.25) is 9.78 Å². The zero-order chi connectivity index (χ0) is 11.9. The minimum atomic E-state index is 0.279. The van der Waals surface area contributed by atoms with Gasteiger partial charge in [0.25, 0.3) is 0 Å². The molecule has 1 amide bonds.